The minimum absolute atomic E-state index is 0.0377. The third-order valence-corrected chi connectivity index (χ3v) is 4.24. The van der Waals surface area contributed by atoms with Crippen LogP contribution in [0.4, 0.5) is 5.69 Å². The van der Waals surface area contributed by atoms with E-state index in [9.17, 15) is 10.1 Å². The molecule has 1 unspecified atom stereocenters. The number of benzene rings is 2. The maximum Gasteiger partial charge on any atom is 0.263 e. The van der Waals surface area contributed by atoms with Crippen molar-refractivity contribution in [3.8, 4) is 6.07 Å². The van der Waals surface area contributed by atoms with Crippen molar-refractivity contribution in [2.45, 2.75) is 19.9 Å². The molecular weight excluding hydrogens is 413 g/mol. The topological polar surface area (TPSA) is 64.9 Å². The molecule has 2 aromatic carbocycles. The Morgan fingerprint density at radius 2 is 1.96 bits per heavy atom. The monoisotopic (exact) mass is 431 g/mol. The zero-order valence-corrected chi connectivity index (χ0v) is 15.7. The lowest BCUT2D eigenvalue weighted by Crippen LogP contribution is -2.28. The summed E-state index contributed by atoms with van der Waals surface area (Å²) >= 11 is 2.24. The molecule has 0 saturated carbocycles. The van der Waals surface area contributed by atoms with Crippen molar-refractivity contribution in [3.63, 3.8) is 0 Å². The van der Waals surface area contributed by atoms with Gasteiger partial charge >= 0.3 is 0 Å². The van der Waals surface area contributed by atoms with Gasteiger partial charge in [0.05, 0.1) is 6.04 Å². The summed E-state index contributed by atoms with van der Waals surface area (Å²) in [5.41, 5.74) is 2.95. The fourth-order valence-electron chi connectivity index (χ4n) is 2.19. The molecular formula is C19H18IN3O. The molecule has 0 radical (unpaired) electrons. The van der Waals surface area contributed by atoms with Gasteiger partial charge in [-0.05, 0) is 65.8 Å². The molecule has 0 bridgehead atoms. The molecule has 0 spiro atoms. The van der Waals surface area contributed by atoms with E-state index in [1.54, 1.807) is 0 Å². The van der Waals surface area contributed by atoms with Gasteiger partial charge in [0.1, 0.15) is 11.6 Å². The average molecular weight is 431 g/mol. The fourth-order valence-corrected chi connectivity index (χ4v) is 2.83. The summed E-state index contributed by atoms with van der Waals surface area (Å²) in [6, 6.07) is 17.3. The molecule has 1 atom stereocenters. The number of anilines is 1. The van der Waals surface area contributed by atoms with E-state index in [4.69, 9.17) is 0 Å². The third-order valence-electron chi connectivity index (χ3n) is 3.57. The van der Waals surface area contributed by atoms with Gasteiger partial charge in [-0.25, -0.2) is 0 Å². The molecule has 2 N–H and O–H groups in total. The van der Waals surface area contributed by atoms with Crippen molar-refractivity contribution in [1.29, 1.82) is 5.26 Å². The fraction of sp³-hybridized carbons (Fsp3) is 0.158. The first-order valence-corrected chi connectivity index (χ1v) is 8.58. The van der Waals surface area contributed by atoms with E-state index in [2.05, 4.69) is 33.2 Å². The van der Waals surface area contributed by atoms with Gasteiger partial charge in [-0.1, -0.05) is 30.3 Å². The van der Waals surface area contributed by atoms with E-state index in [0.717, 1.165) is 20.4 Å². The summed E-state index contributed by atoms with van der Waals surface area (Å²) < 4.78 is 1.13. The maximum absolute atomic E-state index is 12.3. The summed E-state index contributed by atoms with van der Waals surface area (Å²) in [7, 11) is 0. The van der Waals surface area contributed by atoms with Gasteiger partial charge in [-0.2, -0.15) is 5.26 Å². The number of hydrogen-bond acceptors (Lipinski definition) is 3. The second-order valence-electron chi connectivity index (χ2n) is 5.38. The Morgan fingerprint density at radius 3 is 2.58 bits per heavy atom. The number of aryl methyl sites for hydroxylation is 1. The van der Waals surface area contributed by atoms with E-state index in [1.165, 1.54) is 6.20 Å². The van der Waals surface area contributed by atoms with Gasteiger partial charge in [0.2, 0.25) is 0 Å². The van der Waals surface area contributed by atoms with Crippen LogP contribution in [0.5, 0.6) is 0 Å². The van der Waals surface area contributed by atoms with Crippen LogP contribution in [0.15, 0.2) is 60.3 Å². The van der Waals surface area contributed by atoms with E-state index in [-0.39, 0.29) is 11.6 Å². The smallest absolute Gasteiger partial charge is 0.263 e. The van der Waals surface area contributed by atoms with Crippen LogP contribution >= 0.6 is 22.6 Å². The Bertz CT molecular complexity index is 794. The molecule has 24 heavy (non-hydrogen) atoms. The number of hydrogen-bond donors (Lipinski definition) is 2. The summed E-state index contributed by atoms with van der Waals surface area (Å²) in [6.07, 6.45) is 1.45. The predicted molar refractivity (Wildman–Crippen MR) is 104 cm³/mol. The lowest BCUT2D eigenvalue weighted by atomic mass is 10.1. The number of nitrogens with zero attached hydrogens (tertiary/aromatic N) is 1. The SMILES string of the molecule is Cc1cc(I)ccc1N/C=C(/C#N)C(=O)NC(C)c1ccccc1. The first-order valence-electron chi connectivity index (χ1n) is 7.50. The molecule has 1 amide bonds. The minimum atomic E-state index is -0.399. The molecule has 2 rings (SSSR count). The highest BCUT2D eigenvalue weighted by molar-refractivity contribution is 14.1. The highest BCUT2D eigenvalue weighted by atomic mass is 127. The lowest BCUT2D eigenvalue weighted by molar-refractivity contribution is -0.117. The molecule has 0 aliphatic carbocycles. The zero-order chi connectivity index (χ0) is 17.5. The number of carbonyl (C=O) groups excluding carboxylic acids is 1. The first kappa shape index (κ1) is 18.0. The van der Waals surface area contributed by atoms with Crippen LogP contribution in [0.1, 0.15) is 24.1 Å². The summed E-state index contributed by atoms with van der Waals surface area (Å²) in [5, 5.41) is 15.1. The number of nitriles is 1. The number of amides is 1. The van der Waals surface area contributed by atoms with Gasteiger partial charge < -0.3 is 10.6 Å². The molecule has 122 valence electrons. The third kappa shape index (κ3) is 4.83. The summed E-state index contributed by atoms with van der Waals surface area (Å²) in [6.45, 7) is 3.86. The van der Waals surface area contributed by atoms with Crippen LogP contribution in [0.2, 0.25) is 0 Å². The predicted octanol–water partition coefficient (Wildman–Crippen LogP) is 4.30. The molecule has 0 aliphatic rings. The number of carbonyl (C=O) groups is 1. The average Bonchev–Trinajstić information content (AvgIpc) is 2.57. The maximum atomic E-state index is 12.3. The van der Waals surface area contributed by atoms with E-state index in [1.807, 2.05) is 68.4 Å². The van der Waals surface area contributed by atoms with Crippen molar-refractivity contribution in [1.82, 2.24) is 5.32 Å². The second-order valence-corrected chi connectivity index (χ2v) is 6.62. The van der Waals surface area contributed by atoms with E-state index < -0.39 is 5.91 Å². The minimum Gasteiger partial charge on any atom is -0.360 e. The van der Waals surface area contributed by atoms with E-state index in [0.29, 0.717) is 0 Å². The lowest BCUT2D eigenvalue weighted by Gasteiger charge is -2.14. The highest BCUT2D eigenvalue weighted by Gasteiger charge is 2.13. The van der Waals surface area contributed by atoms with Crippen LogP contribution in [0.3, 0.4) is 0 Å². The van der Waals surface area contributed by atoms with Gasteiger partial charge in [0, 0.05) is 15.5 Å². The van der Waals surface area contributed by atoms with Crippen molar-refractivity contribution < 1.29 is 4.79 Å². The van der Waals surface area contributed by atoms with Gasteiger partial charge in [-0.15, -0.1) is 0 Å². The number of halogens is 1. The van der Waals surface area contributed by atoms with Gasteiger partial charge in [0.25, 0.3) is 5.91 Å². The van der Waals surface area contributed by atoms with Crippen molar-refractivity contribution in [3.05, 3.63) is 75.0 Å². The quantitative estimate of drug-likeness (QED) is 0.422. The van der Waals surface area contributed by atoms with Gasteiger partial charge in [-0.3, -0.25) is 4.79 Å². The molecule has 5 heteroatoms. The molecule has 4 nitrogen and oxygen atoms in total. The summed E-state index contributed by atoms with van der Waals surface area (Å²) in [4.78, 5) is 12.3. The molecule has 0 saturated heterocycles. The Balaban J connectivity index is 2.07. The van der Waals surface area contributed by atoms with Crippen LogP contribution in [0.25, 0.3) is 0 Å². The number of rotatable bonds is 5. The van der Waals surface area contributed by atoms with Crippen LogP contribution in [-0.2, 0) is 4.79 Å². The normalized spacial score (nSPS) is 12.2. The van der Waals surface area contributed by atoms with Gasteiger partial charge in [0.15, 0.2) is 0 Å². The zero-order valence-electron chi connectivity index (χ0n) is 13.5. The molecule has 0 aromatic heterocycles. The van der Waals surface area contributed by atoms with Crippen molar-refractivity contribution in [2.24, 2.45) is 0 Å². The van der Waals surface area contributed by atoms with Crippen LogP contribution < -0.4 is 10.6 Å². The van der Waals surface area contributed by atoms with Crippen LogP contribution in [0, 0.1) is 21.8 Å². The Hall–Kier alpha value is -2.33. The second kappa shape index (κ2) is 8.50. The molecule has 0 heterocycles. The Kier molecular flexibility index (Phi) is 6.38. The first-order chi connectivity index (χ1) is 11.5. The highest BCUT2D eigenvalue weighted by Crippen LogP contribution is 2.18. The molecule has 0 aliphatic heterocycles. The standard InChI is InChI=1S/C19H18IN3O/c1-13-10-17(20)8-9-18(13)22-12-16(11-21)19(24)23-14(2)15-6-4-3-5-7-15/h3-10,12,14,22H,1-2H3,(H,23,24)/b16-12-. The largest absolute Gasteiger partial charge is 0.360 e. The molecule has 2 aromatic rings. The Labute approximate surface area is 155 Å². The van der Waals surface area contributed by atoms with Crippen molar-refractivity contribution in [2.75, 3.05) is 5.32 Å². The molecule has 0 fully saturated rings. The summed E-state index contributed by atoms with van der Waals surface area (Å²) in [5.74, 6) is -0.399. The van der Waals surface area contributed by atoms with E-state index >= 15 is 0 Å². The van der Waals surface area contributed by atoms with Crippen molar-refractivity contribution >= 4 is 34.2 Å². The Morgan fingerprint density at radius 1 is 1.25 bits per heavy atom. The number of nitrogens with one attached hydrogen (secondary N) is 2. The van der Waals surface area contributed by atoms with Crippen LogP contribution in [-0.4, -0.2) is 5.91 Å².